The average Bonchev–Trinajstić information content (AvgIpc) is 2.48. The van der Waals surface area contributed by atoms with Gasteiger partial charge in [-0.15, -0.1) is 0 Å². The number of ether oxygens (including phenoxy) is 2. The number of aliphatic carboxylic acids is 1. The molecule has 0 radical (unpaired) electrons. The Kier molecular flexibility index (Phi) is 7.65. The van der Waals surface area contributed by atoms with Crippen molar-refractivity contribution in [3.63, 3.8) is 0 Å². The molecule has 118 valence electrons. The number of carboxylic acid groups (broad SMARTS) is 1. The van der Waals surface area contributed by atoms with Gasteiger partial charge < -0.3 is 14.6 Å². The Hall–Kier alpha value is -1.71. The molecule has 0 fully saturated rings. The molecule has 1 aromatic carbocycles. The molecule has 0 bridgehead atoms. The van der Waals surface area contributed by atoms with Crippen molar-refractivity contribution >= 4 is 5.97 Å². The summed E-state index contributed by atoms with van der Waals surface area (Å²) in [4.78, 5) is 10.7. The normalized spacial score (nSPS) is 12.0. The predicted octanol–water partition coefficient (Wildman–Crippen LogP) is 4.23. The van der Waals surface area contributed by atoms with Gasteiger partial charge in [0, 0.05) is 6.42 Å². The number of benzene rings is 1. The maximum absolute atomic E-state index is 10.7. The van der Waals surface area contributed by atoms with Crippen molar-refractivity contribution in [3.05, 3.63) is 23.8 Å². The summed E-state index contributed by atoms with van der Waals surface area (Å²) < 4.78 is 11.5. The van der Waals surface area contributed by atoms with Gasteiger partial charge in [0.05, 0.1) is 13.2 Å². The number of carbonyl (C=O) groups is 1. The largest absolute Gasteiger partial charge is 0.490 e. The lowest BCUT2D eigenvalue weighted by atomic mass is 9.96. The fraction of sp³-hybridized carbons (Fsp3) is 0.588. The zero-order valence-electron chi connectivity index (χ0n) is 13.2. The lowest BCUT2D eigenvalue weighted by molar-refractivity contribution is -0.137. The Morgan fingerprint density at radius 2 is 1.76 bits per heavy atom. The van der Waals surface area contributed by atoms with E-state index in [0.29, 0.717) is 19.6 Å². The minimum atomic E-state index is -0.757. The van der Waals surface area contributed by atoms with Crippen LogP contribution in [0.15, 0.2) is 18.2 Å². The summed E-state index contributed by atoms with van der Waals surface area (Å²) in [5.41, 5.74) is 1.09. The van der Waals surface area contributed by atoms with Crippen LogP contribution in [0.5, 0.6) is 11.5 Å². The molecule has 0 aromatic heterocycles. The Morgan fingerprint density at radius 1 is 1.14 bits per heavy atom. The minimum Gasteiger partial charge on any atom is -0.490 e. The molecular formula is C17H26O4. The SMILES string of the molecule is CCCOc1ccc(C(C)CCC(=O)O)cc1OCCC. The summed E-state index contributed by atoms with van der Waals surface area (Å²) in [5.74, 6) is 0.946. The fourth-order valence-electron chi connectivity index (χ4n) is 1.99. The third-order valence-electron chi connectivity index (χ3n) is 3.25. The summed E-state index contributed by atoms with van der Waals surface area (Å²) in [6.45, 7) is 7.47. The summed E-state index contributed by atoms with van der Waals surface area (Å²) >= 11 is 0. The summed E-state index contributed by atoms with van der Waals surface area (Å²) in [7, 11) is 0. The van der Waals surface area contributed by atoms with E-state index in [9.17, 15) is 4.79 Å². The number of rotatable bonds is 10. The highest BCUT2D eigenvalue weighted by Gasteiger charge is 2.12. The van der Waals surface area contributed by atoms with Gasteiger partial charge in [-0.3, -0.25) is 4.79 Å². The molecule has 21 heavy (non-hydrogen) atoms. The van der Waals surface area contributed by atoms with Gasteiger partial charge in [-0.25, -0.2) is 0 Å². The smallest absolute Gasteiger partial charge is 0.303 e. The van der Waals surface area contributed by atoms with E-state index in [-0.39, 0.29) is 12.3 Å². The molecule has 0 aliphatic rings. The van der Waals surface area contributed by atoms with Crippen LogP contribution in [0.3, 0.4) is 0 Å². The standard InChI is InChI=1S/C17H26O4/c1-4-10-20-15-8-7-14(12-16(15)21-11-5-2)13(3)6-9-17(18)19/h7-8,12-13H,4-6,9-11H2,1-3H3,(H,18,19). The molecule has 1 atom stereocenters. The topological polar surface area (TPSA) is 55.8 Å². The molecule has 4 nitrogen and oxygen atoms in total. The maximum atomic E-state index is 10.7. The molecule has 0 aliphatic carbocycles. The van der Waals surface area contributed by atoms with Crippen molar-refractivity contribution < 1.29 is 19.4 Å². The van der Waals surface area contributed by atoms with E-state index in [2.05, 4.69) is 13.8 Å². The average molecular weight is 294 g/mol. The predicted molar refractivity (Wildman–Crippen MR) is 83.3 cm³/mol. The molecule has 4 heteroatoms. The van der Waals surface area contributed by atoms with Gasteiger partial charge in [0.1, 0.15) is 0 Å². The van der Waals surface area contributed by atoms with Crippen molar-refractivity contribution in [3.8, 4) is 11.5 Å². The molecule has 1 unspecified atom stereocenters. The Balaban J connectivity index is 2.83. The summed E-state index contributed by atoms with van der Waals surface area (Å²) in [6, 6.07) is 5.90. The van der Waals surface area contributed by atoms with Crippen LogP contribution in [-0.2, 0) is 4.79 Å². The second-order valence-corrected chi connectivity index (χ2v) is 5.24. The Morgan fingerprint density at radius 3 is 2.33 bits per heavy atom. The van der Waals surface area contributed by atoms with Gasteiger partial charge in [-0.05, 0) is 42.9 Å². The van der Waals surface area contributed by atoms with Crippen LogP contribution in [0, 0.1) is 0 Å². The van der Waals surface area contributed by atoms with Crippen LogP contribution in [0.25, 0.3) is 0 Å². The fourth-order valence-corrected chi connectivity index (χ4v) is 1.99. The second kappa shape index (κ2) is 9.27. The van der Waals surface area contributed by atoms with Gasteiger partial charge in [-0.2, -0.15) is 0 Å². The molecule has 0 spiro atoms. The van der Waals surface area contributed by atoms with Crippen molar-refractivity contribution in [2.45, 2.75) is 52.4 Å². The lowest BCUT2D eigenvalue weighted by Crippen LogP contribution is -2.04. The quantitative estimate of drug-likeness (QED) is 0.701. The van der Waals surface area contributed by atoms with Gasteiger partial charge in [0.15, 0.2) is 11.5 Å². The molecule has 0 saturated carbocycles. The molecule has 1 N–H and O–H groups in total. The van der Waals surface area contributed by atoms with Crippen molar-refractivity contribution in [2.24, 2.45) is 0 Å². The van der Waals surface area contributed by atoms with Gasteiger partial charge in [0.2, 0.25) is 0 Å². The molecular weight excluding hydrogens is 268 g/mol. The minimum absolute atomic E-state index is 0.181. The Labute approximate surface area is 127 Å². The maximum Gasteiger partial charge on any atom is 0.303 e. The van der Waals surface area contributed by atoms with Crippen molar-refractivity contribution in [1.82, 2.24) is 0 Å². The Bertz CT molecular complexity index is 442. The lowest BCUT2D eigenvalue weighted by Gasteiger charge is -2.16. The van der Waals surface area contributed by atoms with Crippen LogP contribution in [0.4, 0.5) is 0 Å². The summed E-state index contributed by atoms with van der Waals surface area (Å²) in [5, 5.41) is 8.78. The highest BCUT2D eigenvalue weighted by atomic mass is 16.5. The molecule has 1 rings (SSSR count). The van der Waals surface area contributed by atoms with E-state index >= 15 is 0 Å². The van der Waals surface area contributed by atoms with E-state index < -0.39 is 5.97 Å². The highest BCUT2D eigenvalue weighted by Crippen LogP contribution is 2.32. The van der Waals surface area contributed by atoms with Crippen LogP contribution in [0.2, 0.25) is 0 Å². The zero-order chi connectivity index (χ0) is 15.7. The van der Waals surface area contributed by atoms with E-state index in [1.807, 2.05) is 25.1 Å². The van der Waals surface area contributed by atoms with Crippen molar-refractivity contribution in [1.29, 1.82) is 0 Å². The first-order valence-electron chi connectivity index (χ1n) is 7.69. The first kappa shape index (κ1) is 17.3. The first-order chi connectivity index (χ1) is 10.1. The third-order valence-corrected chi connectivity index (χ3v) is 3.25. The zero-order valence-corrected chi connectivity index (χ0v) is 13.2. The number of hydrogen-bond donors (Lipinski definition) is 1. The van der Waals surface area contributed by atoms with E-state index in [4.69, 9.17) is 14.6 Å². The molecule has 1 aromatic rings. The van der Waals surface area contributed by atoms with Crippen molar-refractivity contribution in [2.75, 3.05) is 13.2 Å². The van der Waals surface area contributed by atoms with E-state index in [0.717, 1.165) is 29.9 Å². The number of carboxylic acids is 1. The number of hydrogen-bond acceptors (Lipinski definition) is 3. The highest BCUT2D eigenvalue weighted by molar-refractivity contribution is 5.66. The second-order valence-electron chi connectivity index (χ2n) is 5.24. The molecule has 0 aliphatic heterocycles. The first-order valence-corrected chi connectivity index (χ1v) is 7.69. The van der Waals surface area contributed by atoms with Crippen LogP contribution < -0.4 is 9.47 Å². The molecule has 0 amide bonds. The van der Waals surface area contributed by atoms with Crippen LogP contribution >= 0.6 is 0 Å². The summed E-state index contributed by atoms with van der Waals surface area (Å²) in [6.07, 6.45) is 2.69. The monoisotopic (exact) mass is 294 g/mol. The van der Waals surface area contributed by atoms with Gasteiger partial charge in [0.25, 0.3) is 0 Å². The molecule has 0 heterocycles. The molecule has 0 saturated heterocycles. The van der Waals surface area contributed by atoms with Gasteiger partial charge >= 0.3 is 5.97 Å². The van der Waals surface area contributed by atoms with E-state index in [1.165, 1.54) is 0 Å². The third kappa shape index (κ3) is 6.06. The van der Waals surface area contributed by atoms with Gasteiger partial charge in [-0.1, -0.05) is 26.8 Å². The van der Waals surface area contributed by atoms with E-state index in [1.54, 1.807) is 0 Å². The van der Waals surface area contributed by atoms with Crippen LogP contribution in [-0.4, -0.2) is 24.3 Å². The van der Waals surface area contributed by atoms with Crippen LogP contribution in [0.1, 0.15) is 57.9 Å².